The summed E-state index contributed by atoms with van der Waals surface area (Å²) in [5, 5.41) is 3.77. The highest BCUT2D eigenvalue weighted by Crippen LogP contribution is 2.22. The fourth-order valence-corrected chi connectivity index (χ4v) is 2.73. The quantitative estimate of drug-likeness (QED) is 0.792. The van der Waals surface area contributed by atoms with E-state index in [4.69, 9.17) is 5.73 Å². The lowest BCUT2D eigenvalue weighted by Crippen LogP contribution is -2.56. The Balaban J connectivity index is 2.60. The van der Waals surface area contributed by atoms with Gasteiger partial charge in [0.1, 0.15) is 0 Å². The average molecular weight is 241 g/mol. The Kier molecular flexibility index (Phi) is 4.99. The van der Waals surface area contributed by atoms with E-state index < -0.39 is 0 Å². The Bertz CT molecular complexity index is 218. The van der Waals surface area contributed by atoms with Crippen LogP contribution in [0.5, 0.6) is 0 Å². The molecule has 1 atom stereocenters. The van der Waals surface area contributed by atoms with Gasteiger partial charge in [-0.15, -0.1) is 0 Å². The van der Waals surface area contributed by atoms with Crippen molar-refractivity contribution in [3.8, 4) is 0 Å². The monoisotopic (exact) mass is 241 g/mol. The minimum atomic E-state index is 0.230. The Hall–Kier alpha value is -0.120. The lowest BCUT2D eigenvalue weighted by atomic mass is 9.89. The third-order valence-corrected chi connectivity index (χ3v) is 3.76. The fraction of sp³-hybridized carbons (Fsp3) is 1.00. The van der Waals surface area contributed by atoms with Crippen molar-refractivity contribution in [2.24, 2.45) is 11.7 Å². The van der Waals surface area contributed by atoms with Gasteiger partial charge in [0, 0.05) is 17.6 Å². The van der Waals surface area contributed by atoms with Gasteiger partial charge < -0.3 is 16.0 Å². The molecule has 1 aliphatic heterocycles. The SMILES string of the molecule is CC(CN)CN1CCC(C)(C)NC(C)(C)CC1. The number of nitrogens with zero attached hydrogens (tertiary/aromatic N) is 1. The molecule has 0 aliphatic carbocycles. The third-order valence-electron chi connectivity index (χ3n) is 3.76. The van der Waals surface area contributed by atoms with E-state index in [2.05, 4.69) is 44.8 Å². The van der Waals surface area contributed by atoms with Crippen LogP contribution in [0.15, 0.2) is 0 Å². The summed E-state index contributed by atoms with van der Waals surface area (Å²) in [5.41, 5.74) is 6.19. The molecule has 17 heavy (non-hydrogen) atoms. The van der Waals surface area contributed by atoms with Gasteiger partial charge in [-0.2, -0.15) is 0 Å². The summed E-state index contributed by atoms with van der Waals surface area (Å²) in [6.07, 6.45) is 2.40. The Morgan fingerprint density at radius 3 is 2.00 bits per heavy atom. The van der Waals surface area contributed by atoms with Gasteiger partial charge in [0.05, 0.1) is 0 Å². The molecular formula is C14H31N3. The first-order chi connectivity index (χ1) is 7.74. The van der Waals surface area contributed by atoms with E-state index in [0.29, 0.717) is 5.92 Å². The van der Waals surface area contributed by atoms with E-state index in [1.165, 1.54) is 25.9 Å². The zero-order chi connectivity index (χ0) is 13.1. The van der Waals surface area contributed by atoms with Crippen molar-refractivity contribution in [3.05, 3.63) is 0 Å². The molecule has 0 spiro atoms. The Morgan fingerprint density at radius 1 is 1.12 bits per heavy atom. The van der Waals surface area contributed by atoms with Crippen molar-refractivity contribution in [2.75, 3.05) is 26.2 Å². The van der Waals surface area contributed by atoms with Gasteiger partial charge in [-0.3, -0.25) is 0 Å². The molecule has 1 fully saturated rings. The highest BCUT2D eigenvalue weighted by atomic mass is 15.2. The normalized spacial score (nSPS) is 27.2. The molecule has 0 bridgehead atoms. The van der Waals surface area contributed by atoms with Gasteiger partial charge >= 0.3 is 0 Å². The molecule has 0 aromatic carbocycles. The summed E-state index contributed by atoms with van der Waals surface area (Å²) in [7, 11) is 0. The Morgan fingerprint density at radius 2 is 1.59 bits per heavy atom. The average Bonchev–Trinajstić information content (AvgIpc) is 2.19. The minimum Gasteiger partial charge on any atom is -0.330 e. The molecule has 0 saturated carbocycles. The molecule has 1 saturated heterocycles. The largest absolute Gasteiger partial charge is 0.330 e. The molecule has 0 radical (unpaired) electrons. The lowest BCUT2D eigenvalue weighted by Gasteiger charge is -2.42. The first kappa shape index (κ1) is 14.9. The maximum atomic E-state index is 5.73. The first-order valence-electron chi connectivity index (χ1n) is 6.96. The van der Waals surface area contributed by atoms with Crippen molar-refractivity contribution in [1.82, 2.24) is 10.2 Å². The van der Waals surface area contributed by atoms with Gasteiger partial charge in [-0.1, -0.05) is 6.92 Å². The molecule has 102 valence electrons. The summed E-state index contributed by atoms with van der Waals surface area (Å²) in [4.78, 5) is 2.59. The minimum absolute atomic E-state index is 0.230. The maximum Gasteiger partial charge on any atom is 0.0142 e. The molecule has 0 aromatic rings. The van der Waals surface area contributed by atoms with Gasteiger partial charge in [-0.25, -0.2) is 0 Å². The van der Waals surface area contributed by atoms with Crippen LogP contribution in [0.25, 0.3) is 0 Å². The van der Waals surface area contributed by atoms with E-state index in [1.807, 2.05) is 0 Å². The second kappa shape index (κ2) is 5.68. The van der Waals surface area contributed by atoms with Crippen molar-refractivity contribution in [1.29, 1.82) is 0 Å². The summed E-state index contributed by atoms with van der Waals surface area (Å²) < 4.78 is 0. The molecule has 1 unspecified atom stereocenters. The molecule has 3 N–H and O–H groups in total. The second-order valence-corrected chi connectivity index (χ2v) is 7.03. The molecule has 1 heterocycles. The smallest absolute Gasteiger partial charge is 0.0142 e. The zero-order valence-corrected chi connectivity index (χ0v) is 12.3. The van der Waals surface area contributed by atoms with Crippen LogP contribution >= 0.6 is 0 Å². The molecular weight excluding hydrogens is 210 g/mol. The number of rotatable bonds is 3. The Labute approximate surface area is 107 Å². The predicted octanol–water partition coefficient (Wildman–Crippen LogP) is 1.82. The van der Waals surface area contributed by atoms with Gasteiger partial charge in [0.25, 0.3) is 0 Å². The van der Waals surface area contributed by atoms with Crippen LogP contribution in [-0.2, 0) is 0 Å². The molecule has 3 heteroatoms. The van der Waals surface area contributed by atoms with Crippen LogP contribution in [0, 0.1) is 5.92 Å². The lowest BCUT2D eigenvalue weighted by molar-refractivity contribution is 0.135. The topological polar surface area (TPSA) is 41.3 Å². The molecule has 0 aromatic heterocycles. The van der Waals surface area contributed by atoms with E-state index in [9.17, 15) is 0 Å². The molecule has 3 nitrogen and oxygen atoms in total. The predicted molar refractivity (Wildman–Crippen MR) is 75.2 cm³/mol. The van der Waals surface area contributed by atoms with Gasteiger partial charge in [0.15, 0.2) is 0 Å². The first-order valence-corrected chi connectivity index (χ1v) is 6.96. The standard InChI is InChI=1S/C14H31N3/c1-12(10-15)11-17-8-6-13(2,3)16-14(4,5)7-9-17/h12,16H,6-11,15H2,1-5H3. The number of hydrogen-bond donors (Lipinski definition) is 2. The second-order valence-electron chi connectivity index (χ2n) is 7.03. The van der Waals surface area contributed by atoms with Crippen LogP contribution in [0.4, 0.5) is 0 Å². The van der Waals surface area contributed by atoms with E-state index >= 15 is 0 Å². The van der Waals surface area contributed by atoms with E-state index in [1.54, 1.807) is 0 Å². The van der Waals surface area contributed by atoms with E-state index in [0.717, 1.165) is 13.1 Å². The van der Waals surface area contributed by atoms with Gasteiger partial charge in [-0.05, 0) is 66.1 Å². The molecule has 1 rings (SSSR count). The fourth-order valence-electron chi connectivity index (χ4n) is 2.73. The van der Waals surface area contributed by atoms with Crippen molar-refractivity contribution >= 4 is 0 Å². The highest BCUT2D eigenvalue weighted by Gasteiger charge is 2.30. The van der Waals surface area contributed by atoms with Crippen LogP contribution in [0.2, 0.25) is 0 Å². The summed E-state index contributed by atoms with van der Waals surface area (Å²) in [5.74, 6) is 0.605. The third kappa shape index (κ3) is 5.36. The van der Waals surface area contributed by atoms with Crippen molar-refractivity contribution in [2.45, 2.75) is 58.5 Å². The van der Waals surface area contributed by atoms with E-state index in [-0.39, 0.29) is 11.1 Å². The van der Waals surface area contributed by atoms with Crippen LogP contribution in [0.3, 0.4) is 0 Å². The van der Waals surface area contributed by atoms with Crippen LogP contribution in [-0.4, -0.2) is 42.2 Å². The zero-order valence-electron chi connectivity index (χ0n) is 12.3. The maximum absolute atomic E-state index is 5.73. The molecule has 1 aliphatic rings. The van der Waals surface area contributed by atoms with Crippen molar-refractivity contribution in [3.63, 3.8) is 0 Å². The summed E-state index contributed by atoms with van der Waals surface area (Å²) >= 11 is 0. The van der Waals surface area contributed by atoms with Crippen molar-refractivity contribution < 1.29 is 0 Å². The number of nitrogens with two attached hydrogens (primary N) is 1. The van der Waals surface area contributed by atoms with Crippen LogP contribution in [0.1, 0.15) is 47.5 Å². The highest BCUT2D eigenvalue weighted by molar-refractivity contribution is 4.91. The number of hydrogen-bond acceptors (Lipinski definition) is 3. The van der Waals surface area contributed by atoms with Gasteiger partial charge in [0.2, 0.25) is 0 Å². The summed E-state index contributed by atoms with van der Waals surface area (Å²) in [6.45, 7) is 15.8. The van der Waals surface area contributed by atoms with Crippen LogP contribution < -0.4 is 11.1 Å². The number of nitrogens with one attached hydrogen (secondary N) is 1. The molecule has 0 amide bonds. The summed E-state index contributed by atoms with van der Waals surface area (Å²) in [6, 6.07) is 0.